The molecule has 1 fully saturated rings. The van der Waals surface area contributed by atoms with Gasteiger partial charge in [0.1, 0.15) is 0 Å². The standard InChI is InChI=1S/C13H15ClF3N/c14-12-5-4-10(8-11(12)13(15,16)17)9-18-6-2-1-3-7-18/h4-5,8H,1-3,6-7,9H2. The highest BCUT2D eigenvalue weighted by molar-refractivity contribution is 6.31. The molecule has 0 saturated carbocycles. The van der Waals surface area contributed by atoms with Crippen molar-refractivity contribution in [2.24, 2.45) is 0 Å². The minimum Gasteiger partial charge on any atom is -0.299 e. The molecule has 0 unspecified atom stereocenters. The van der Waals surface area contributed by atoms with E-state index in [1.807, 2.05) is 0 Å². The van der Waals surface area contributed by atoms with Crippen molar-refractivity contribution in [1.29, 1.82) is 0 Å². The molecule has 1 aromatic carbocycles. The molecule has 0 atom stereocenters. The molecule has 1 aliphatic rings. The van der Waals surface area contributed by atoms with Crippen LogP contribution in [-0.4, -0.2) is 18.0 Å². The van der Waals surface area contributed by atoms with Gasteiger partial charge in [0.15, 0.2) is 0 Å². The first-order valence-corrected chi connectivity index (χ1v) is 6.42. The number of hydrogen-bond acceptors (Lipinski definition) is 1. The third kappa shape index (κ3) is 3.39. The van der Waals surface area contributed by atoms with Gasteiger partial charge >= 0.3 is 6.18 Å². The van der Waals surface area contributed by atoms with E-state index in [-0.39, 0.29) is 5.02 Å². The van der Waals surface area contributed by atoms with Gasteiger partial charge < -0.3 is 0 Å². The molecule has 5 heteroatoms. The maximum atomic E-state index is 12.7. The van der Waals surface area contributed by atoms with Crippen molar-refractivity contribution in [3.8, 4) is 0 Å². The highest BCUT2D eigenvalue weighted by Gasteiger charge is 2.33. The fourth-order valence-corrected chi connectivity index (χ4v) is 2.49. The van der Waals surface area contributed by atoms with Crippen molar-refractivity contribution in [2.75, 3.05) is 13.1 Å². The van der Waals surface area contributed by atoms with Gasteiger partial charge in [-0.3, -0.25) is 4.90 Å². The van der Waals surface area contributed by atoms with Crippen LogP contribution in [-0.2, 0) is 12.7 Å². The van der Waals surface area contributed by atoms with Gasteiger partial charge in [0.2, 0.25) is 0 Å². The second-order valence-electron chi connectivity index (χ2n) is 4.65. The Kier molecular flexibility index (Phi) is 4.17. The lowest BCUT2D eigenvalue weighted by Gasteiger charge is -2.26. The maximum absolute atomic E-state index is 12.7. The summed E-state index contributed by atoms with van der Waals surface area (Å²) in [6.45, 7) is 2.49. The van der Waals surface area contributed by atoms with Gasteiger partial charge in [0, 0.05) is 6.54 Å². The average Bonchev–Trinajstić information content (AvgIpc) is 2.31. The predicted molar refractivity (Wildman–Crippen MR) is 65.6 cm³/mol. The van der Waals surface area contributed by atoms with Gasteiger partial charge in [-0.1, -0.05) is 24.1 Å². The first kappa shape index (κ1) is 13.7. The summed E-state index contributed by atoms with van der Waals surface area (Å²) in [6.07, 6.45) is -0.917. The van der Waals surface area contributed by atoms with E-state index in [1.54, 1.807) is 6.07 Å². The molecule has 0 N–H and O–H groups in total. The van der Waals surface area contributed by atoms with Crippen molar-refractivity contribution < 1.29 is 13.2 Å². The maximum Gasteiger partial charge on any atom is 0.417 e. The summed E-state index contributed by atoms with van der Waals surface area (Å²) in [5, 5.41) is -0.232. The fourth-order valence-electron chi connectivity index (χ4n) is 2.26. The van der Waals surface area contributed by atoms with Crippen LogP contribution in [0.25, 0.3) is 0 Å². The Bertz CT molecular complexity index is 411. The van der Waals surface area contributed by atoms with Crippen molar-refractivity contribution in [3.63, 3.8) is 0 Å². The van der Waals surface area contributed by atoms with E-state index in [9.17, 15) is 13.2 Å². The summed E-state index contributed by atoms with van der Waals surface area (Å²) >= 11 is 5.59. The molecule has 0 aliphatic carbocycles. The quantitative estimate of drug-likeness (QED) is 0.777. The molecule has 0 spiro atoms. The zero-order valence-corrected chi connectivity index (χ0v) is 10.7. The second-order valence-corrected chi connectivity index (χ2v) is 5.06. The number of halogens is 4. The van der Waals surface area contributed by atoms with Crippen LogP contribution >= 0.6 is 11.6 Å². The van der Waals surface area contributed by atoms with Crippen LogP contribution in [0.5, 0.6) is 0 Å². The molecule has 18 heavy (non-hydrogen) atoms. The number of nitrogens with zero attached hydrogens (tertiary/aromatic N) is 1. The van der Waals surface area contributed by atoms with E-state index in [0.29, 0.717) is 12.1 Å². The molecule has 1 saturated heterocycles. The van der Waals surface area contributed by atoms with Crippen molar-refractivity contribution in [3.05, 3.63) is 34.3 Å². The zero-order chi connectivity index (χ0) is 13.2. The van der Waals surface area contributed by atoms with Gasteiger partial charge in [0.25, 0.3) is 0 Å². The monoisotopic (exact) mass is 277 g/mol. The lowest BCUT2D eigenvalue weighted by atomic mass is 10.1. The third-order valence-electron chi connectivity index (χ3n) is 3.19. The topological polar surface area (TPSA) is 3.24 Å². The number of hydrogen-bond donors (Lipinski definition) is 0. The van der Waals surface area contributed by atoms with Crippen LogP contribution in [0.15, 0.2) is 18.2 Å². The molecule has 1 aromatic rings. The van der Waals surface area contributed by atoms with Crippen molar-refractivity contribution >= 4 is 11.6 Å². The van der Waals surface area contributed by atoms with Crippen LogP contribution in [0.1, 0.15) is 30.4 Å². The Labute approximate surface area is 110 Å². The highest BCUT2D eigenvalue weighted by Crippen LogP contribution is 2.35. The predicted octanol–water partition coefficient (Wildman–Crippen LogP) is 4.34. The first-order chi connectivity index (χ1) is 8.47. The van der Waals surface area contributed by atoms with Gasteiger partial charge in [-0.15, -0.1) is 0 Å². The Morgan fingerprint density at radius 2 is 1.78 bits per heavy atom. The SMILES string of the molecule is FC(F)(F)c1cc(CN2CCCCC2)ccc1Cl. The fraction of sp³-hybridized carbons (Fsp3) is 0.538. The normalized spacial score (nSPS) is 18.0. The molecule has 1 nitrogen and oxygen atoms in total. The smallest absolute Gasteiger partial charge is 0.299 e. The molecule has 2 rings (SSSR count). The Hall–Kier alpha value is -0.740. The Balaban J connectivity index is 2.14. The number of likely N-dealkylation sites (tertiary alicyclic amines) is 1. The molecule has 0 aromatic heterocycles. The van der Waals surface area contributed by atoms with Crippen LogP contribution in [0.4, 0.5) is 13.2 Å². The second kappa shape index (κ2) is 5.49. The van der Waals surface area contributed by atoms with E-state index >= 15 is 0 Å². The van der Waals surface area contributed by atoms with Crippen LogP contribution in [0, 0.1) is 0 Å². The number of alkyl halides is 3. The Morgan fingerprint density at radius 1 is 1.11 bits per heavy atom. The minimum absolute atomic E-state index is 0.232. The number of benzene rings is 1. The summed E-state index contributed by atoms with van der Waals surface area (Å²) < 4.78 is 38.1. The Morgan fingerprint density at radius 3 is 2.39 bits per heavy atom. The van der Waals surface area contributed by atoms with E-state index < -0.39 is 11.7 Å². The third-order valence-corrected chi connectivity index (χ3v) is 3.52. The average molecular weight is 278 g/mol. The summed E-state index contributed by atoms with van der Waals surface area (Å²) in [7, 11) is 0. The van der Waals surface area contributed by atoms with E-state index in [2.05, 4.69) is 4.90 Å². The number of rotatable bonds is 2. The molecule has 100 valence electrons. The molecular formula is C13H15ClF3N. The lowest BCUT2D eigenvalue weighted by Crippen LogP contribution is -2.29. The summed E-state index contributed by atoms with van der Waals surface area (Å²) in [5.41, 5.74) is -0.0627. The van der Waals surface area contributed by atoms with Gasteiger partial charge in [-0.25, -0.2) is 0 Å². The molecular weight excluding hydrogens is 263 g/mol. The summed E-state index contributed by atoms with van der Waals surface area (Å²) in [5.74, 6) is 0. The van der Waals surface area contributed by atoms with Gasteiger partial charge in [-0.05, 0) is 43.6 Å². The van der Waals surface area contributed by atoms with Crippen LogP contribution in [0.2, 0.25) is 5.02 Å². The first-order valence-electron chi connectivity index (χ1n) is 6.05. The van der Waals surface area contributed by atoms with E-state index in [0.717, 1.165) is 32.0 Å². The largest absolute Gasteiger partial charge is 0.417 e. The van der Waals surface area contributed by atoms with Crippen molar-refractivity contribution in [1.82, 2.24) is 4.90 Å². The summed E-state index contributed by atoms with van der Waals surface area (Å²) in [6, 6.07) is 4.17. The van der Waals surface area contributed by atoms with Gasteiger partial charge in [-0.2, -0.15) is 13.2 Å². The lowest BCUT2D eigenvalue weighted by molar-refractivity contribution is -0.137. The molecule has 0 amide bonds. The van der Waals surface area contributed by atoms with E-state index in [4.69, 9.17) is 11.6 Å². The van der Waals surface area contributed by atoms with Crippen molar-refractivity contribution in [2.45, 2.75) is 32.0 Å². The van der Waals surface area contributed by atoms with Crippen LogP contribution < -0.4 is 0 Å². The summed E-state index contributed by atoms with van der Waals surface area (Å²) in [4.78, 5) is 2.19. The molecule has 0 radical (unpaired) electrons. The van der Waals surface area contributed by atoms with Crippen LogP contribution in [0.3, 0.4) is 0 Å². The molecule has 0 bridgehead atoms. The molecule has 1 aliphatic heterocycles. The minimum atomic E-state index is -4.38. The van der Waals surface area contributed by atoms with Gasteiger partial charge in [0.05, 0.1) is 10.6 Å². The number of piperidine rings is 1. The zero-order valence-electron chi connectivity index (χ0n) is 9.93. The highest BCUT2D eigenvalue weighted by atomic mass is 35.5. The van der Waals surface area contributed by atoms with E-state index in [1.165, 1.54) is 12.5 Å². The molecule has 1 heterocycles.